The van der Waals surface area contributed by atoms with E-state index < -0.39 is 15.9 Å². The zero-order valence-electron chi connectivity index (χ0n) is 16.6. The van der Waals surface area contributed by atoms with E-state index in [9.17, 15) is 18.0 Å². The van der Waals surface area contributed by atoms with E-state index in [2.05, 4.69) is 5.32 Å². The monoisotopic (exact) mass is 426 g/mol. The van der Waals surface area contributed by atoms with Gasteiger partial charge in [0.15, 0.2) is 11.2 Å². The zero-order valence-corrected chi connectivity index (χ0v) is 17.4. The molecule has 156 valence electrons. The van der Waals surface area contributed by atoms with Crippen molar-refractivity contribution in [2.75, 3.05) is 18.4 Å². The molecule has 2 heterocycles. The molecule has 0 aliphatic carbocycles. The van der Waals surface area contributed by atoms with E-state index >= 15 is 0 Å². The number of carbonyl (C=O) groups excluding carboxylic acids is 1. The van der Waals surface area contributed by atoms with Gasteiger partial charge in [0, 0.05) is 24.8 Å². The van der Waals surface area contributed by atoms with Gasteiger partial charge in [-0.1, -0.05) is 18.1 Å². The Morgan fingerprint density at radius 2 is 1.70 bits per heavy atom. The van der Waals surface area contributed by atoms with Crippen LogP contribution in [0.15, 0.2) is 62.6 Å². The van der Waals surface area contributed by atoms with Crippen LogP contribution in [0.5, 0.6) is 0 Å². The maximum Gasteiger partial charge on any atom is 0.291 e. The van der Waals surface area contributed by atoms with Crippen LogP contribution in [-0.4, -0.2) is 31.7 Å². The molecule has 1 aliphatic heterocycles. The number of amides is 1. The number of hydrogen-bond donors (Lipinski definition) is 1. The number of nitrogens with one attached hydrogen (secondary N) is 1. The minimum Gasteiger partial charge on any atom is -0.451 e. The lowest BCUT2D eigenvalue weighted by Gasteiger charge is -2.25. The molecular weight excluding hydrogens is 404 g/mol. The molecule has 0 unspecified atom stereocenters. The molecule has 30 heavy (non-hydrogen) atoms. The number of fused-ring (bicyclic) bond motifs is 1. The molecule has 0 atom stereocenters. The van der Waals surface area contributed by atoms with Gasteiger partial charge in [-0.15, -0.1) is 0 Å². The Hall–Kier alpha value is -2.97. The van der Waals surface area contributed by atoms with Gasteiger partial charge in [-0.2, -0.15) is 4.31 Å². The molecule has 8 heteroatoms. The summed E-state index contributed by atoms with van der Waals surface area (Å²) in [4.78, 5) is 25.0. The fraction of sp³-hybridized carbons (Fsp3) is 0.273. The number of sulfonamides is 1. The smallest absolute Gasteiger partial charge is 0.291 e. The van der Waals surface area contributed by atoms with Gasteiger partial charge in [0.2, 0.25) is 10.0 Å². The third-order valence-electron chi connectivity index (χ3n) is 5.17. The van der Waals surface area contributed by atoms with Gasteiger partial charge in [0.25, 0.3) is 5.91 Å². The van der Waals surface area contributed by atoms with E-state index in [0.29, 0.717) is 29.7 Å². The van der Waals surface area contributed by atoms with Gasteiger partial charge < -0.3 is 9.73 Å². The number of piperidine rings is 1. The lowest BCUT2D eigenvalue weighted by atomic mass is 10.1. The van der Waals surface area contributed by atoms with Crippen LogP contribution in [0.1, 0.15) is 35.4 Å². The number of aryl methyl sites for hydroxylation is 1. The minimum absolute atomic E-state index is 0.110. The van der Waals surface area contributed by atoms with E-state index in [1.54, 1.807) is 18.2 Å². The van der Waals surface area contributed by atoms with Crippen molar-refractivity contribution in [1.82, 2.24) is 4.31 Å². The predicted octanol–water partition coefficient (Wildman–Crippen LogP) is 3.53. The van der Waals surface area contributed by atoms with Gasteiger partial charge in [0.1, 0.15) is 5.58 Å². The van der Waals surface area contributed by atoms with Gasteiger partial charge in [-0.05, 0) is 56.2 Å². The SMILES string of the molecule is Cc1ccc2oc(C(=O)Nc3ccc(S(=O)(=O)N4CCCCC4)cc3)cc(=O)c2c1. The molecule has 1 amide bonds. The first-order chi connectivity index (χ1) is 14.3. The maximum absolute atomic E-state index is 12.7. The Morgan fingerprint density at radius 1 is 1.00 bits per heavy atom. The van der Waals surface area contributed by atoms with Crippen molar-refractivity contribution in [2.24, 2.45) is 0 Å². The van der Waals surface area contributed by atoms with Crippen molar-refractivity contribution < 1.29 is 17.6 Å². The average molecular weight is 426 g/mol. The first-order valence-electron chi connectivity index (χ1n) is 9.81. The first-order valence-corrected chi connectivity index (χ1v) is 11.2. The summed E-state index contributed by atoms with van der Waals surface area (Å²) in [6, 6.07) is 12.3. The topological polar surface area (TPSA) is 96.7 Å². The summed E-state index contributed by atoms with van der Waals surface area (Å²) in [5.74, 6) is -0.692. The highest BCUT2D eigenvalue weighted by Gasteiger charge is 2.25. The van der Waals surface area contributed by atoms with Crippen molar-refractivity contribution in [3.05, 3.63) is 70.1 Å². The Morgan fingerprint density at radius 3 is 2.40 bits per heavy atom. The molecule has 4 rings (SSSR count). The molecule has 0 bridgehead atoms. The number of benzene rings is 2. The Bertz CT molecular complexity index is 1260. The zero-order chi connectivity index (χ0) is 21.3. The second-order valence-corrected chi connectivity index (χ2v) is 9.36. The van der Waals surface area contributed by atoms with E-state index in [0.717, 1.165) is 30.9 Å². The second-order valence-electron chi connectivity index (χ2n) is 7.42. The van der Waals surface area contributed by atoms with Crippen LogP contribution < -0.4 is 10.7 Å². The number of nitrogens with zero attached hydrogens (tertiary/aromatic N) is 1. The third-order valence-corrected chi connectivity index (χ3v) is 7.08. The molecule has 1 fully saturated rings. The van der Waals surface area contributed by atoms with Crippen LogP contribution in [0, 0.1) is 6.92 Å². The highest BCUT2D eigenvalue weighted by molar-refractivity contribution is 7.89. The van der Waals surface area contributed by atoms with E-state index in [4.69, 9.17) is 4.42 Å². The van der Waals surface area contributed by atoms with Crippen molar-refractivity contribution in [3.63, 3.8) is 0 Å². The van der Waals surface area contributed by atoms with E-state index in [-0.39, 0.29) is 16.1 Å². The summed E-state index contributed by atoms with van der Waals surface area (Å²) in [7, 11) is -3.53. The van der Waals surface area contributed by atoms with Gasteiger partial charge in [-0.3, -0.25) is 9.59 Å². The molecular formula is C22H22N2O5S. The highest BCUT2D eigenvalue weighted by Crippen LogP contribution is 2.22. The molecule has 2 aromatic carbocycles. The third kappa shape index (κ3) is 4.01. The van der Waals surface area contributed by atoms with Crippen molar-refractivity contribution >= 4 is 32.6 Å². The Balaban J connectivity index is 1.53. The van der Waals surface area contributed by atoms with Gasteiger partial charge >= 0.3 is 0 Å². The van der Waals surface area contributed by atoms with Crippen LogP contribution in [0.3, 0.4) is 0 Å². The normalized spacial score (nSPS) is 15.2. The summed E-state index contributed by atoms with van der Waals surface area (Å²) in [5, 5.41) is 3.06. The van der Waals surface area contributed by atoms with Crippen LogP contribution in [0.4, 0.5) is 5.69 Å². The fourth-order valence-electron chi connectivity index (χ4n) is 3.54. The van der Waals surface area contributed by atoms with Gasteiger partial charge in [-0.25, -0.2) is 8.42 Å². The molecule has 0 radical (unpaired) electrons. The summed E-state index contributed by atoms with van der Waals surface area (Å²) in [6.45, 7) is 2.93. The summed E-state index contributed by atoms with van der Waals surface area (Å²) >= 11 is 0. The molecule has 7 nitrogen and oxygen atoms in total. The fourth-order valence-corrected chi connectivity index (χ4v) is 5.06. The Labute approximate surface area is 174 Å². The molecule has 1 aromatic heterocycles. The lowest BCUT2D eigenvalue weighted by molar-refractivity contribution is 0.0997. The van der Waals surface area contributed by atoms with Crippen LogP contribution in [-0.2, 0) is 10.0 Å². The van der Waals surface area contributed by atoms with Gasteiger partial charge in [0.05, 0.1) is 10.3 Å². The molecule has 0 saturated carbocycles. The minimum atomic E-state index is -3.53. The average Bonchev–Trinajstić information content (AvgIpc) is 2.75. The quantitative estimate of drug-likeness (QED) is 0.688. The second kappa shape index (κ2) is 8.04. The van der Waals surface area contributed by atoms with Crippen molar-refractivity contribution in [1.29, 1.82) is 0 Å². The molecule has 1 saturated heterocycles. The lowest BCUT2D eigenvalue weighted by Crippen LogP contribution is -2.35. The number of anilines is 1. The standard InChI is InChI=1S/C22H22N2O5S/c1-15-5-10-20-18(13-15)19(25)14-21(29-20)22(26)23-16-6-8-17(9-7-16)30(27,28)24-11-3-2-4-12-24/h5-10,13-14H,2-4,11-12H2,1H3,(H,23,26). The molecule has 1 N–H and O–H groups in total. The number of carbonyl (C=O) groups is 1. The van der Waals surface area contributed by atoms with Crippen LogP contribution in [0.2, 0.25) is 0 Å². The maximum atomic E-state index is 12.7. The van der Waals surface area contributed by atoms with E-state index in [1.807, 2.05) is 6.92 Å². The van der Waals surface area contributed by atoms with Crippen molar-refractivity contribution in [2.45, 2.75) is 31.1 Å². The highest BCUT2D eigenvalue weighted by atomic mass is 32.2. The summed E-state index contributed by atoms with van der Waals surface area (Å²) in [5.41, 5.74) is 1.37. The predicted molar refractivity (Wildman–Crippen MR) is 114 cm³/mol. The number of hydrogen-bond acceptors (Lipinski definition) is 5. The Kier molecular flexibility index (Phi) is 5.44. The number of rotatable bonds is 4. The largest absolute Gasteiger partial charge is 0.451 e. The summed E-state index contributed by atoms with van der Waals surface area (Å²) in [6.07, 6.45) is 2.77. The van der Waals surface area contributed by atoms with Crippen LogP contribution >= 0.6 is 0 Å². The van der Waals surface area contributed by atoms with Crippen molar-refractivity contribution in [3.8, 4) is 0 Å². The van der Waals surface area contributed by atoms with E-state index in [1.165, 1.54) is 28.6 Å². The molecule has 0 spiro atoms. The first kappa shape index (κ1) is 20.3. The van der Waals surface area contributed by atoms with Crippen LogP contribution in [0.25, 0.3) is 11.0 Å². The molecule has 3 aromatic rings. The molecule has 1 aliphatic rings. The summed E-state index contributed by atoms with van der Waals surface area (Å²) < 4.78 is 32.5.